The number of aryl methyl sites for hydroxylation is 2. The summed E-state index contributed by atoms with van der Waals surface area (Å²) in [5.41, 5.74) is 1.46. The van der Waals surface area contributed by atoms with E-state index in [0.717, 1.165) is 0 Å². The lowest BCUT2D eigenvalue weighted by molar-refractivity contribution is 0.288. The first-order chi connectivity index (χ1) is 10.4. The monoisotopic (exact) mass is 325 g/mol. The van der Waals surface area contributed by atoms with Crippen molar-refractivity contribution >= 4 is 15.7 Å². The Morgan fingerprint density at radius 2 is 2.18 bits per heavy atom. The molecule has 0 saturated carbocycles. The summed E-state index contributed by atoms with van der Waals surface area (Å²) in [5, 5.41) is 4.20. The highest BCUT2D eigenvalue weighted by molar-refractivity contribution is 7.92. The van der Waals surface area contributed by atoms with Crippen molar-refractivity contribution < 1.29 is 17.5 Å². The number of ether oxygens (including phenoxy) is 1. The van der Waals surface area contributed by atoms with E-state index in [0.29, 0.717) is 22.8 Å². The van der Waals surface area contributed by atoms with Gasteiger partial charge in [0.2, 0.25) is 15.9 Å². The van der Waals surface area contributed by atoms with E-state index in [-0.39, 0.29) is 18.9 Å². The van der Waals surface area contributed by atoms with Crippen LogP contribution in [-0.4, -0.2) is 31.3 Å². The lowest BCUT2D eigenvalue weighted by atomic mass is 10.2. The van der Waals surface area contributed by atoms with Gasteiger partial charge in [0.25, 0.3) is 0 Å². The summed E-state index contributed by atoms with van der Waals surface area (Å²) in [6.07, 6.45) is 0. The predicted molar refractivity (Wildman–Crippen MR) is 79.8 cm³/mol. The highest BCUT2D eigenvalue weighted by Gasteiger charge is 2.33. The second-order valence-corrected chi connectivity index (χ2v) is 7.06. The number of nitrogens with zero attached hydrogens (tertiary/aromatic N) is 3. The number of aromatic nitrogens is 2. The van der Waals surface area contributed by atoms with Gasteiger partial charge in [-0.05, 0) is 24.6 Å². The van der Waals surface area contributed by atoms with Gasteiger partial charge in [-0.25, -0.2) is 17.5 Å². The number of rotatable bonds is 3. The average Bonchev–Trinajstić information content (AvgIpc) is 2.74. The van der Waals surface area contributed by atoms with Crippen molar-refractivity contribution in [3.05, 3.63) is 41.3 Å². The van der Waals surface area contributed by atoms with Crippen molar-refractivity contribution in [2.24, 2.45) is 7.05 Å². The Bertz CT molecular complexity index is 817. The molecular formula is C14H16FN3O3S. The van der Waals surface area contributed by atoms with E-state index >= 15 is 0 Å². The Hall–Kier alpha value is -2.09. The normalized spacial score (nSPS) is 14.6. The second-order valence-electron chi connectivity index (χ2n) is 5.17. The number of benzene rings is 1. The first-order valence-corrected chi connectivity index (χ1v) is 8.40. The Morgan fingerprint density at radius 3 is 2.91 bits per heavy atom. The zero-order valence-corrected chi connectivity index (χ0v) is 13.1. The minimum atomic E-state index is -3.64. The van der Waals surface area contributed by atoms with E-state index in [1.807, 2.05) is 0 Å². The van der Waals surface area contributed by atoms with Crippen LogP contribution in [0.15, 0.2) is 24.3 Å². The third kappa shape index (κ3) is 2.54. The van der Waals surface area contributed by atoms with E-state index in [9.17, 15) is 12.8 Å². The number of anilines is 1. The molecule has 1 aliphatic rings. The molecule has 22 heavy (non-hydrogen) atoms. The number of halogens is 1. The highest BCUT2D eigenvalue weighted by Crippen LogP contribution is 2.36. The smallest absolute Gasteiger partial charge is 0.239 e. The zero-order chi connectivity index (χ0) is 15.9. The average molecular weight is 325 g/mol. The molecule has 3 rings (SSSR count). The summed E-state index contributed by atoms with van der Waals surface area (Å²) < 4.78 is 47.0. The summed E-state index contributed by atoms with van der Waals surface area (Å²) in [7, 11) is -1.94. The molecule has 0 radical (unpaired) electrons. The third-order valence-corrected chi connectivity index (χ3v) is 5.23. The molecule has 1 aliphatic heterocycles. The van der Waals surface area contributed by atoms with E-state index in [1.165, 1.54) is 27.2 Å². The van der Waals surface area contributed by atoms with Gasteiger partial charge in [0, 0.05) is 7.05 Å². The maximum atomic E-state index is 13.2. The minimum Gasteiger partial charge on any atom is -0.474 e. The van der Waals surface area contributed by atoms with E-state index in [4.69, 9.17) is 4.74 Å². The number of hydrogen-bond donors (Lipinski definition) is 0. The van der Waals surface area contributed by atoms with Gasteiger partial charge in [-0.15, -0.1) is 0 Å². The lowest BCUT2D eigenvalue weighted by Gasteiger charge is -2.28. The van der Waals surface area contributed by atoms with Crippen LogP contribution in [0, 0.1) is 12.7 Å². The van der Waals surface area contributed by atoms with Gasteiger partial charge in [0.1, 0.15) is 18.1 Å². The summed E-state index contributed by atoms with van der Waals surface area (Å²) in [6, 6.07) is 5.61. The van der Waals surface area contributed by atoms with Crippen LogP contribution in [-0.2, 0) is 22.8 Å². The standard InChI is InChI=1S/C14H16FN3O3S/c1-10-13-14(17(2)16-10)21-7-6-18(13)22(19,20)9-11-4-3-5-12(15)8-11/h3-5,8H,6-7,9H2,1-2H3. The topological polar surface area (TPSA) is 64.4 Å². The fourth-order valence-electron chi connectivity index (χ4n) is 2.61. The largest absolute Gasteiger partial charge is 0.474 e. The van der Waals surface area contributed by atoms with Crippen LogP contribution < -0.4 is 9.04 Å². The maximum absolute atomic E-state index is 13.2. The maximum Gasteiger partial charge on any atom is 0.239 e. The highest BCUT2D eigenvalue weighted by atomic mass is 32.2. The fourth-order valence-corrected chi connectivity index (χ4v) is 4.20. The molecule has 0 atom stereocenters. The van der Waals surface area contributed by atoms with Gasteiger partial charge < -0.3 is 4.74 Å². The minimum absolute atomic E-state index is 0.219. The molecule has 0 N–H and O–H groups in total. The van der Waals surface area contributed by atoms with Gasteiger partial charge >= 0.3 is 0 Å². The summed E-state index contributed by atoms with van der Waals surface area (Å²) in [5.74, 6) is -0.280. The number of hydrogen-bond acceptors (Lipinski definition) is 4. The van der Waals surface area contributed by atoms with E-state index < -0.39 is 15.8 Å². The molecule has 0 unspecified atom stereocenters. The second kappa shape index (κ2) is 5.28. The third-order valence-electron chi connectivity index (χ3n) is 3.50. The molecule has 0 amide bonds. The van der Waals surface area contributed by atoms with Crippen molar-refractivity contribution in [3.63, 3.8) is 0 Å². The molecule has 1 aromatic carbocycles. The Kier molecular flexibility index (Phi) is 3.56. The van der Waals surface area contributed by atoms with E-state index in [1.54, 1.807) is 20.0 Å². The molecule has 2 aromatic rings. The van der Waals surface area contributed by atoms with E-state index in [2.05, 4.69) is 5.10 Å². The first-order valence-electron chi connectivity index (χ1n) is 6.80. The molecule has 118 valence electrons. The van der Waals surface area contributed by atoms with Gasteiger partial charge in [-0.3, -0.25) is 4.31 Å². The molecule has 1 aromatic heterocycles. The molecule has 0 bridgehead atoms. The predicted octanol–water partition coefficient (Wildman–Crippen LogP) is 1.60. The Morgan fingerprint density at radius 1 is 1.41 bits per heavy atom. The van der Waals surface area contributed by atoms with Gasteiger partial charge in [-0.2, -0.15) is 5.10 Å². The van der Waals surface area contributed by atoms with Gasteiger partial charge in [0.15, 0.2) is 0 Å². The molecule has 0 aliphatic carbocycles. The van der Waals surface area contributed by atoms with Crippen molar-refractivity contribution in [2.45, 2.75) is 12.7 Å². The van der Waals surface area contributed by atoms with Crippen LogP contribution in [0.2, 0.25) is 0 Å². The van der Waals surface area contributed by atoms with Crippen LogP contribution in [0.5, 0.6) is 5.88 Å². The zero-order valence-electron chi connectivity index (χ0n) is 12.3. The molecular weight excluding hydrogens is 309 g/mol. The van der Waals surface area contributed by atoms with Crippen molar-refractivity contribution in [2.75, 3.05) is 17.5 Å². The van der Waals surface area contributed by atoms with Crippen LogP contribution >= 0.6 is 0 Å². The molecule has 0 spiro atoms. The summed E-state index contributed by atoms with van der Waals surface area (Å²) in [4.78, 5) is 0. The van der Waals surface area contributed by atoms with Gasteiger partial charge in [-0.1, -0.05) is 12.1 Å². The number of fused-ring (bicyclic) bond motifs is 1. The molecule has 2 heterocycles. The van der Waals surface area contributed by atoms with Crippen molar-refractivity contribution in [1.82, 2.24) is 9.78 Å². The fraction of sp³-hybridized carbons (Fsp3) is 0.357. The van der Waals surface area contributed by atoms with Gasteiger partial charge in [0.05, 0.1) is 18.0 Å². The summed E-state index contributed by atoms with van der Waals surface area (Å²) in [6.45, 7) is 2.21. The molecule has 0 fully saturated rings. The van der Waals surface area contributed by atoms with Crippen LogP contribution in [0.4, 0.5) is 10.1 Å². The summed E-state index contributed by atoms with van der Waals surface area (Å²) >= 11 is 0. The quantitative estimate of drug-likeness (QED) is 0.860. The Labute approximate surface area is 128 Å². The Balaban J connectivity index is 1.97. The van der Waals surface area contributed by atoms with Crippen LogP contribution in [0.25, 0.3) is 0 Å². The lowest BCUT2D eigenvalue weighted by Crippen LogP contribution is -2.39. The molecule has 0 saturated heterocycles. The number of sulfonamides is 1. The van der Waals surface area contributed by atoms with Crippen LogP contribution in [0.1, 0.15) is 11.3 Å². The SMILES string of the molecule is Cc1nn(C)c2c1N(S(=O)(=O)Cc1cccc(F)c1)CCO2. The van der Waals surface area contributed by atoms with Crippen LogP contribution in [0.3, 0.4) is 0 Å². The van der Waals surface area contributed by atoms with Crippen molar-refractivity contribution in [3.8, 4) is 5.88 Å². The van der Waals surface area contributed by atoms with Crippen molar-refractivity contribution in [1.29, 1.82) is 0 Å². The molecule has 8 heteroatoms. The molecule has 6 nitrogen and oxygen atoms in total. The first kappa shape index (κ1) is 14.8.